The summed E-state index contributed by atoms with van der Waals surface area (Å²) in [4.78, 5) is 16.7. The van der Waals surface area contributed by atoms with Crippen molar-refractivity contribution in [2.24, 2.45) is 4.99 Å². The van der Waals surface area contributed by atoms with E-state index in [-0.39, 0.29) is 18.7 Å². The largest absolute Gasteiger partial charge is 0.463 e. The molecule has 1 amide bonds. The van der Waals surface area contributed by atoms with E-state index in [0.717, 1.165) is 6.42 Å². The Morgan fingerprint density at radius 2 is 2.08 bits per heavy atom. The predicted molar refractivity (Wildman–Crippen MR) is 91.3 cm³/mol. The maximum atomic E-state index is 12.4. The number of carbonyl (C=O) groups is 1. The van der Waals surface area contributed by atoms with Crippen molar-refractivity contribution in [1.82, 2.24) is 5.32 Å². The van der Waals surface area contributed by atoms with Gasteiger partial charge in [-0.05, 0) is 31.5 Å². The second kappa shape index (κ2) is 10.5. The zero-order valence-corrected chi connectivity index (χ0v) is 14.6. The summed E-state index contributed by atoms with van der Waals surface area (Å²) in [6.45, 7) is 4.47. The highest BCUT2D eigenvalue weighted by Crippen LogP contribution is 2.32. The van der Waals surface area contributed by atoms with Crippen LogP contribution in [0, 0.1) is 0 Å². The first-order chi connectivity index (χ1) is 12.2. The molecule has 1 aromatic rings. The van der Waals surface area contributed by atoms with Crippen LogP contribution in [0.15, 0.2) is 23.2 Å². The molecule has 0 radical (unpaired) electrons. The fourth-order valence-electron chi connectivity index (χ4n) is 2.06. The Balaban J connectivity index is 1.94. The summed E-state index contributed by atoms with van der Waals surface area (Å²) in [5.41, 5.74) is 0.433. The summed E-state index contributed by atoms with van der Waals surface area (Å²) in [6.07, 6.45) is 0.731. The summed E-state index contributed by atoms with van der Waals surface area (Å²) in [7, 11) is 1.63. The molecule has 1 aliphatic heterocycles. The van der Waals surface area contributed by atoms with E-state index in [0.29, 0.717) is 50.0 Å². The first-order valence-corrected chi connectivity index (χ1v) is 8.19. The number of ether oxygens (including phenoxy) is 5. The van der Waals surface area contributed by atoms with Crippen molar-refractivity contribution in [3.8, 4) is 11.5 Å². The lowest BCUT2D eigenvalue weighted by Gasteiger charge is -2.11. The van der Waals surface area contributed by atoms with Crippen molar-refractivity contribution < 1.29 is 28.5 Å². The number of fused-ring (bicyclic) bond motifs is 1. The van der Waals surface area contributed by atoms with Crippen molar-refractivity contribution in [3.63, 3.8) is 0 Å². The third-order valence-corrected chi connectivity index (χ3v) is 3.29. The van der Waals surface area contributed by atoms with Gasteiger partial charge in [-0.15, -0.1) is 0 Å². The minimum absolute atomic E-state index is 0.160. The molecule has 0 saturated carbocycles. The van der Waals surface area contributed by atoms with Crippen LogP contribution in [-0.4, -0.2) is 58.8 Å². The zero-order valence-electron chi connectivity index (χ0n) is 14.6. The van der Waals surface area contributed by atoms with Gasteiger partial charge in [-0.2, -0.15) is 0 Å². The average molecular weight is 352 g/mol. The van der Waals surface area contributed by atoms with Crippen LogP contribution in [0.1, 0.15) is 23.7 Å². The molecule has 138 valence electrons. The van der Waals surface area contributed by atoms with Gasteiger partial charge >= 0.3 is 0 Å². The molecule has 1 N–H and O–H groups in total. The molecule has 0 aromatic heterocycles. The molecule has 0 aliphatic carbocycles. The minimum Gasteiger partial charge on any atom is -0.463 e. The highest BCUT2D eigenvalue weighted by atomic mass is 16.7. The number of hydrogen-bond donors (Lipinski definition) is 1. The van der Waals surface area contributed by atoms with Crippen LogP contribution < -0.4 is 14.8 Å². The number of hydrogen-bond acceptors (Lipinski definition) is 7. The number of nitrogens with one attached hydrogen (secondary N) is 1. The van der Waals surface area contributed by atoms with E-state index in [4.69, 9.17) is 23.7 Å². The summed E-state index contributed by atoms with van der Waals surface area (Å²) < 4.78 is 26.2. The van der Waals surface area contributed by atoms with Crippen molar-refractivity contribution in [1.29, 1.82) is 0 Å². The van der Waals surface area contributed by atoms with Gasteiger partial charge in [0.2, 0.25) is 6.79 Å². The van der Waals surface area contributed by atoms with E-state index in [2.05, 4.69) is 10.3 Å². The topological polar surface area (TPSA) is 87.6 Å². The van der Waals surface area contributed by atoms with Gasteiger partial charge in [0.1, 0.15) is 6.61 Å². The van der Waals surface area contributed by atoms with Gasteiger partial charge in [0.25, 0.3) is 11.9 Å². The Morgan fingerprint density at radius 3 is 2.88 bits per heavy atom. The predicted octanol–water partition coefficient (Wildman–Crippen LogP) is 1.59. The maximum Gasteiger partial charge on any atom is 0.291 e. The van der Waals surface area contributed by atoms with E-state index in [1.54, 1.807) is 25.3 Å². The highest BCUT2D eigenvalue weighted by Gasteiger charge is 2.17. The molecule has 0 fully saturated rings. The molecule has 1 aromatic carbocycles. The Kier molecular flexibility index (Phi) is 8.00. The molecule has 8 nitrogen and oxygen atoms in total. The van der Waals surface area contributed by atoms with Crippen molar-refractivity contribution in [2.45, 2.75) is 13.3 Å². The van der Waals surface area contributed by atoms with E-state index in [9.17, 15) is 4.79 Å². The number of nitrogens with zero attached hydrogens (tertiary/aromatic N) is 1. The molecule has 0 atom stereocenters. The fourth-order valence-corrected chi connectivity index (χ4v) is 2.06. The number of amidine groups is 1. The second-order valence-electron chi connectivity index (χ2n) is 5.10. The quantitative estimate of drug-likeness (QED) is 0.413. The van der Waals surface area contributed by atoms with Crippen molar-refractivity contribution >= 4 is 11.9 Å². The lowest BCUT2D eigenvalue weighted by atomic mass is 10.2. The number of methoxy groups -OCH3 is 1. The molecule has 0 bridgehead atoms. The molecule has 8 heteroatoms. The molecule has 1 aliphatic rings. The Hall–Kier alpha value is -2.32. The van der Waals surface area contributed by atoms with Gasteiger partial charge in [-0.3, -0.25) is 10.1 Å². The zero-order chi connectivity index (χ0) is 17.9. The summed E-state index contributed by atoms with van der Waals surface area (Å²) in [5, 5.41) is 2.67. The fraction of sp³-hybridized carbons (Fsp3) is 0.529. The van der Waals surface area contributed by atoms with Crippen LogP contribution in [0.4, 0.5) is 0 Å². The lowest BCUT2D eigenvalue weighted by Crippen LogP contribution is -2.33. The van der Waals surface area contributed by atoms with Gasteiger partial charge in [-0.1, -0.05) is 0 Å². The minimum atomic E-state index is -0.333. The molecular formula is C17H24N2O6. The molecule has 1 heterocycles. The van der Waals surface area contributed by atoms with E-state index < -0.39 is 0 Å². The number of carbonyl (C=O) groups excluding carboxylic acids is 1. The summed E-state index contributed by atoms with van der Waals surface area (Å²) in [6, 6.07) is 5.15. The maximum absolute atomic E-state index is 12.4. The van der Waals surface area contributed by atoms with Gasteiger partial charge in [-0.25, -0.2) is 4.99 Å². The van der Waals surface area contributed by atoms with Gasteiger partial charge in [0.05, 0.1) is 6.61 Å². The van der Waals surface area contributed by atoms with Crippen LogP contribution >= 0.6 is 0 Å². The van der Waals surface area contributed by atoms with E-state index in [1.165, 1.54) is 0 Å². The first kappa shape index (κ1) is 19.0. The van der Waals surface area contributed by atoms with Crippen LogP contribution in [0.3, 0.4) is 0 Å². The average Bonchev–Trinajstić information content (AvgIpc) is 3.09. The summed E-state index contributed by atoms with van der Waals surface area (Å²) in [5.74, 6) is 0.835. The van der Waals surface area contributed by atoms with Crippen molar-refractivity contribution in [2.75, 3.05) is 46.9 Å². The first-order valence-electron chi connectivity index (χ1n) is 8.19. The Bertz CT molecular complexity index is 591. The SMILES string of the molecule is CCOCCOC(=NCCCOC)NC(=O)c1ccc2c(c1)OCO2. The third kappa shape index (κ3) is 6.24. The van der Waals surface area contributed by atoms with Crippen LogP contribution in [0.5, 0.6) is 11.5 Å². The van der Waals surface area contributed by atoms with Gasteiger partial charge in [0, 0.05) is 32.4 Å². The number of amides is 1. The van der Waals surface area contributed by atoms with E-state index in [1.807, 2.05) is 6.92 Å². The Labute approximate surface area is 147 Å². The normalized spacial score (nSPS) is 13.0. The monoisotopic (exact) mass is 352 g/mol. The molecule has 2 rings (SSSR count). The lowest BCUT2D eigenvalue weighted by molar-refractivity contribution is 0.0921. The van der Waals surface area contributed by atoms with E-state index >= 15 is 0 Å². The molecular weight excluding hydrogens is 328 g/mol. The van der Waals surface area contributed by atoms with Gasteiger partial charge < -0.3 is 23.7 Å². The molecule has 25 heavy (non-hydrogen) atoms. The van der Waals surface area contributed by atoms with Crippen molar-refractivity contribution in [3.05, 3.63) is 23.8 Å². The second-order valence-corrected chi connectivity index (χ2v) is 5.10. The number of rotatable bonds is 9. The molecule has 0 saturated heterocycles. The molecule has 0 unspecified atom stereocenters. The number of benzene rings is 1. The highest BCUT2D eigenvalue weighted by molar-refractivity contribution is 6.04. The Morgan fingerprint density at radius 1 is 1.24 bits per heavy atom. The molecule has 0 spiro atoms. The third-order valence-electron chi connectivity index (χ3n) is 3.29. The standard InChI is InChI=1S/C17H24N2O6/c1-3-22-9-10-23-17(18-7-4-8-21-2)19-16(20)13-5-6-14-15(11-13)25-12-24-14/h5-6,11H,3-4,7-10,12H2,1-2H3,(H,18,19,20). The van der Waals surface area contributed by atoms with Crippen LogP contribution in [0.2, 0.25) is 0 Å². The van der Waals surface area contributed by atoms with Crippen LogP contribution in [-0.2, 0) is 14.2 Å². The van der Waals surface area contributed by atoms with Crippen LogP contribution in [0.25, 0.3) is 0 Å². The van der Waals surface area contributed by atoms with Gasteiger partial charge in [0.15, 0.2) is 11.5 Å². The smallest absolute Gasteiger partial charge is 0.291 e. The summed E-state index contributed by atoms with van der Waals surface area (Å²) >= 11 is 0. The number of aliphatic imine (C=N–C) groups is 1.